The van der Waals surface area contributed by atoms with Gasteiger partial charge in [-0.2, -0.15) is 0 Å². The van der Waals surface area contributed by atoms with E-state index < -0.39 is 0 Å². The second-order valence-electron chi connectivity index (χ2n) is 9.55. The molecule has 4 aromatic heterocycles. The standard InChI is InChI=1S/C31H28N4O6S/c1-5-39-29-9-18(2)23(15-32-29)25(36)11-19-7-6-8-20(10-19)17-40-26-12-21(37-3)13-27-22(26)14-28(41-27)24-16-35-30(33-24)42-31(34-35)38-4/h6-10,12-16H,5,11,17H2,1-4H3. The lowest BCUT2D eigenvalue weighted by Crippen LogP contribution is -2.08. The monoisotopic (exact) mass is 584 g/mol. The maximum atomic E-state index is 13.1. The summed E-state index contributed by atoms with van der Waals surface area (Å²) in [7, 11) is 3.17. The van der Waals surface area contributed by atoms with Gasteiger partial charge >= 0.3 is 0 Å². The molecule has 4 heterocycles. The third kappa shape index (κ3) is 5.51. The number of ketones is 1. The molecule has 0 aliphatic rings. The quantitative estimate of drug-likeness (QED) is 0.161. The molecule has 6 aromatic rings. The maximum Gasteiger partial charge on any atom is 0.294 e. The largest absolute Gasteiger partial charge is 0.496 e. The van der Waals surface area contributed by atoms with Crippen molar-refractivity contribution in [3.8, 4) is 34.0 Å². The van der Waals surface area contributed by atoms with Crippen molar-refractivity contribution < 1.29 is 28.2 Å². The van der Waals surface area contributed by atoms with Crippen LogP contribution >= 0.6 is 11.3 Å². The Hall–Kier alpha value is -4.90. The second kappa shape index (κ2) is 11.5. The number of pyridine rings is 1. The van der Waals surface area contributed by atoms with Crippen molar-refractivity contribution in [3.05, 3.63) is 83.2 Å². The predicted octanol–water partition coefficient (Wildman–Crippen LogP) is 6.33. The molecule has 0 fully saturated rings. The highest BCUT2D eigenvalue weighted by Crippen LogP contribution is 2.37. The molecule has 0 unspecified atom stereocenters. The Labute approximate surface area is 245 Å². The summed E-state index contributed by atoms with van der Waals surface area (Å²) in [5, 5.41) is 5.65. The Morgan fingerprint density at radius 1 is 1.05 bits per heavy atom. The van der Waals surface area contributed by atoms with Crippen LogP contribution < -0.4 is 18.9 Å². The Balaban J connectivity index is 1.20. The number of nitrogens with zero attached hydrogens (tertiary/aromatic N) is 4. The van der Waals surface area contributed by atoms with E-state index >= 15 is 0 Å². The van der Waals surface area contributed by atoms with Crippen LogP contribution in [0.25, 0.3) is 27.4 Å². The van der Waals surface area contributed by atoms with E-state index in [2.05, 4.69) is 15.1 Å². The summed E-state index contributed by atoms with van der Waals surface area (Å²) in [5.41, 5.74) is 4.50. The van der Waals surface area contributed by atoms with E-state index in [0.29, 0.717) is 63.3 Å². The average molecular weight is 585 g/mol. The number of benzene rings is 2. The van der Waals surface area contributed by atoms with Crippen LogP contribution in [0.3, 0.4) is 0 Å². The van der Waals surface area contributed by atoms with Crippen LogP contribution in [-0.2, 0) is 13.0 Å². The number of furan rings is 1. The molecular formula is C31H28N4O6S. The summed E-state index contributed by atoms with van der Waals surface area (Å²) in [5.74, 6) is 2.31. The first-order valence-electron chi connectivity index (χ1n) is 13.3. The fraction of sp³-hybridized carbons (Fsp3) is 0.226. The molecule has 2 aromatic carbocycles. The van der Waals surface area contributed by atoms with E-state index in [1.807, 2.05) is 56.3 Å². The summed E-state index contributed by atoms with van der Waals surface area (Å²) >= 11 is 1.34. The molecule has 0 amide bonds. The zero-order valence-corrected chi connectivity index (χ0v) is 24.4. The van der Waals surface area contributed by atoms with Crippen molar-refractivity contribution >= 4 is 33.1 Å². The zero-order chi connectivity index (χ0) is 29.2. The molecule has 0 atom stereocenters. The molecular weight excluding hydrogens is 556 g/mol. The number of ether oxygens (including phenoxy) is 4. The van der Waals surface area contributed by atoms with Gasteiger partial charge in [-0.15, -0.1) is 5.10 Å². The van der Waals surface area contributed by atoms with Gasteiger partial charge in [0.1, 0.15) is 29.4 Å². The molecule has 0 bridgehead atoms. The molecule has 0 saturated heterocycles. The number of Topliss-reactive ketones (excluding diaryl/α,β-unsaturated/α-hetero) is 1. The van der Waals surface area contributed by atoms with Crippen molar-refractivity contribution in [2.75, 3.05) is 20.8 Å². The average Bonchev–Trinajstić information content (AvgIpc) is 3.69. The minimum atomic E-state index is -0.00524. The molecule has 0 saturated carbocycles. The number of carbonyl (C=O) groups is 1. The molecule has 0 aliphatic heterocycles. The van der Waals surface area contributed by atoms with Crippen molar-refractivity contribution in [2.24, 2.45) is 0 Å². The van der Waals surface area contributed by atoms with Crippen molar-refractivity contribution in [1.29, 1.82) is 0 Å². The summed E-state index contributed by atoms with van der Waals surface area (Å²) in [6.07, 6.45) is 3.63. The predicted molar refractivity (Wildman–Crippen MR) is 158 cm³/mol. The maximum absolute atomic E-state index is 13.1. The van der Waals surface area contributed by atoms with Crippen molar-refractivity contribution in [1.82, 2.24) is 19.6 Å². The van der Waals surface area contributed by atoms with Gasteiger partial charge in [0.15, 0.2) is 11.5 Å². The van der Waals surface area contributed by atoms with E-state index in [0.717, 1.165) is 22.1 Å². The first-order chi connectivity index (χ1) is 20.4. The van der Waals surface area contributed by atoms with Gasteiger partial charge in [0, 0.05) is 36.4 Å². The van der Waals surface area contributed by atoms with Crippen LogP contribution in [0.5, 0.6) is 22.6 Å². The number of aromatic nitrogens is 4. The Morgan fingerprint density at radius 2 is 1.90 bits per heavy atom. The number of methoxy groups -OCH3 is 2. The number of carbonyl (C=O) groups excluding carboxylic acids is 1. The number of hydrogen-bond acceptors (Lipinski definition) is 10. The molecule has 0 N–H and O–H groups in total. The molecule has 0 aliphatic carbocycles. The first-order valence-corrected chi connectivity index (χ1v) is 14.1. The fourth-order valence-electron chi connectivity index (χ4n) is 4.65. The molecule has 0 spiro atoms. The van der Waals surface area contributed by atoms with Crippen LogP contribution in [0.1, 0.15) is 34.0 Å². The zero-order valence-electron chi connectivity index (χ0n) is 23.5. The number of aryl methyl sites for hydroxylation is 1. The van der Waals surface area contributed by atoms with E-state index in [4.69, 9.17) is 23.4 Å². The van der Waals surface area contributed by atoms with E-state index in [-0.39, 0.29) is 12.2 Å². The smallest absolute Gasteiger partial charge is 0.294 e. The molecule has 10 nitrogen and oxygen atoms in total. The van der Waals surface area contributed by atoms with Gasteiger partial charge in [-0.1, -0.05) is 24.3 Å². The highest BCUT2D eigenvalue weighted by Gasteiger charge is 2.18. The molecule has 11 heteroatoms. The van der Waals surface area contributed by atoms with Gasteiger partial charge in [0.25, 0.3) is 5.19 Å². The van der Waals surface area contributed by atoms with Gasteiger partial charge < -0.3 is 23.4 Å². The molecule has 42 heavy (non-hydrogen) atoms. The lowest BCUT2D eigenvalue weighted by Gasteiger charge is -2.11. The van der Waals surface area contributed by atoms with E-state index in [9.17, 15) is 4.79 Å². The second-order valence-corrected chi connectivity index (χ2v) is 10.5. The van der Waals surface area contributed by atoms with Crippen LogP contribution in [0.4, 0.5) is 0 Å². The molecule has 6 rings (SSSR count). The number of fused-ring (bicyclic) bond motifs is 2. The highest BCUT2D eigenvalue weighted by molar-refractivity contribution is 7.18. The van der Waals surface area contributed by atoms with Crippen LogP contribution in [0.2, 0.25) is 0 Å². The van der Waals surface area contributed by atoms with Gasteiger partial charge in [0.05, 0.1) is 32.4 Å². The van der Waals surface area contributed by atoms with Gasteiger partial charge in [-0.3, -0.25) is 4.79 Å². The summed E-state index contributed by atoms with van der Waals surface area (Å²) in [4.78, 5) is 22.6. The summed E-state index contributed by atoms with van der Waals surface area (Å²) in [6.45, 7) is 4.60. The topological polar surface area (TPSA) is 110 Å². The lowest BCUT2D eigenvalue weighted by molar-refractivity contribution is 0.0992. The highest BCUT2D eigenvalue weighted by atomic mass is 32.1. The number of hydrogen-bond donors (Lipinski definition) is 0. The molecule has 0 radical (unpaired) electrons. The van der Waals surface area contributed by atoms with E-state index in [1.165, 1.54) is 11.3 Å². The Kier molecular flexibility index (Phi) is 7.49. The van der Waals surface area contributed by atoms with Crippen LogP contribution in [0, 0.1) is 6.92 Å². The third-order valence-electron chi connectivity index (χ3n) is 6.69. The fourth-order valence-corrected chi connectivity index (χ4v) is 5.35. The van der Waals surface area contributed by atoms with E-state index in [1.54, 1.807) is 37.2 Å². The number of rotatable bonds is 11. The van der Waals surface area contributed by atoms with Crippen LogP contribution in [0.15, 0.2) is 65.3 Å². The third-order valence-corrected chi connectivity index (χ3v) is 7.57. The Morgan fingerprint density at radius 3 is 2.67 bits per heavy atom. The normalized spacial score (nSPS) is 11.2. The minimum Gasteiger partial charge on any atom is -0.496 e. The molecule has 214 valence electrons. The Bertz CT molecular complexity index is 1880. The SMILES string of the molecule is CCOc1cc(C)c(C(=O)Cc2cccc(COc3cc(OC)cc4oc(-c5cn6nc(OC)sc6n5)cc34)c2)cn1. The van der Waals surface area contributed by atoms with Gasteiger partial charge in [0.2, 0.25) is 10.8 Å². The van der Waals surface area contributed by atoms with Crippen molar-refractivity contribution in [2.45, 2.75) is 26.9 Å². The summed E-state index contributed by atoms with van der Waals surface area (Å²) in [6, 6.07) is 15.1. The van der Waals surface area contributed by atoms with Crippen molar-refractivity contribution in [3.63, 3.8) is 0 Å². The number of imidazole rings is 1. The minimum absolute atomic E-state index is 0.00524. The van der Waals surface area contributed by atoms with Gasteiger partial charge in [-0.05, 0) is 47.9 Å². The van der Waals surface area contributed by atoms with Crippen LogP contribution in [-0.4, -0.2) is 46.2 Å². The first kappa shape index (κ1) is 27.3. The van der Waals surface area contributed by atoms with Gasteiger partial charge in [-0.25, -0.2) is 14.5 Å². The summed E-state index contributed by atoms with van der Waals surface area (Å²) < 4.78 is 30.2. The lowest BCUT2D eigenvalue weighted by atomic mass is 10.00.